The minimum atomic E-state index is -1.17. The number of aliphatic hydroxyl groups excluding tert-OH is 1. The van der Waals surface area contributed by atoms with Crippen molar-refractivity contribution in [2.75, 3.05) is 0 Å². The average Bonchev–Trinajstić information content (AvgIpc) is 2.81. The molecule has 0 aliphatic heterocycles. The SMILES string of the molecule is O=c1[nH]c(C(O)c2ccccc2)c(O)n1-c1cc(Cl)cc(Cl)c1. The van der Waals surface area contributed by atoms with Gasteiger partial charge < -0.3 is 15.2 Å². The number of halogens is 2. The van der Waals surface area contributed by atoms with Gasteiger partial charge in [0, 0.05) is 10.0 Å². The van der Waals surface area contributed by atoms with Crippen LogP contribution in [0.15, 0.2) is 53.3 Å². The van der Waals surface area contributed by atoms with Gasteiger partial charge in [-0.2, -0.15) is 0 Å². The normalized spacial score (nSPS) is 12.3. The minimum Gasteiger partial charge on any atom is -0.493 e. The van der Waals surface area contributed by atoms with E-state index in [9.17, 15) is 15.0 Å². The van der Waals surface area contributed by atoms with E-state index < -0.39 is 17.7 Å². The molecule has 1 heterocycles. The molecule has 0 fully saturated rings. The quantitative estimate of drug-likeness (QED) is 0.678. The second kappa shape index (κ2) is 6.12. The van der Waals surface area contributed by atoms with Crippen molar-refractivity contribution >= 4 is 23.2 Å². The molecule has 0 spiro atoms. The first-order chi connectivity index (χ1) is 11.0. The zero-order valence-corrected chi connectivity index (χ0v) is 13.2. The van der Waals surface area contributed by atoms with Crippen LogP contribution in [-0.2, 0) is 0 Å². The first kappa shape index (κ1) is 15.7. The summed E-state index contributed by atoms with van der Waals surface area (Å²) >= 11 is 11.9. The predicted molar refractivity (Wildman–Crippen MR) is 88.6 cm³/mol. The number of imidazole rings is 1. The molecule has 0 amide bonds. The van der Waals surface area contributed by atoms with E-state index in [0.717, 1.165) is 4.57 Å². The van der Waals surface area contributed by atoms with E-state index in [2.05, 4.69) is 4.98 Å². The summed E-state index contributed by atoms with van der Waals surface area (Å²) < 4.78 is 0.999. The fourth-order valence-electron chi connectivity index (χ4n) is 2.34. The molecule has 118 valence electrons. The molecule has 7 heteroatoms. The molecule has 1 atom stereocenters. The second-order valence-electron chi connectivity index (χ2n) is 4.94. The number of hydrogen-bond donors (Lipinski definition) is 3. The first-order valence-corrected chi connectivity index (χ1v) is 7.46. The molecule has 5 nitrogen and oxygen atoms in total. The van der Waals surface area contributed by atoms with Gasteiger partial charge in [-0.05, 0) is 23.8 Å². The van der Waals surface area contributed by atoms with Gasteiger partial charge >= 0.3 is 5.69 Å². The molecular weight excluding hydrogens is 339 g/mol. The number of rotatable bonds is 3. The van der Waals surface area contributed by atoms with Crippen LogP contribution in [0, 0.1) is 0 Å². The van der Waals surface area contributed by atoms with Crippen LogP contribution in [0.5, 0.6) is 5.88 Å². The van der Waals surface area contributed by atoms with Crippen LogP contribution in [0.1, 0.15) is 17.4 Å². The highest BCUT2D eigenvalue weighted by Crippen LogP contribution is 2.30. The van der Waals surface area contributed by atoms with Crippen molar-refractivity contribution in [3.8, 4) is 11.6 Å². The van der Waals surface area contributed by atoms with Crippen molar-refractivity contribution in [1.82, 2.24) is 9.55 Å². The molecule has 0 aliphatic rings. The lowest BCUT2D eigenvalue weighted by atomic mass is 10.1. The van der Waals surface area contributed by atoms with Crippen molar-refractivity contribution < 1.29 is 10.2 Å². The van der Waals surface area contributed by atoms with Crippen LogP contribution in [0.4, 0.5) is 0 Å². The Balaban J connectivity index is 2.12. The fraction of sp³-hybridized carbons (Fsp3) is 0.0625. The van der Waals surface area contributed by atoms with Crippen LogP contribution in [-0.4, -0.2) is 19.8 Å². The van der Waals surface area contributed by atoms with Crippen molar-refractivity contribution in [3.63, 3.8) is 0 Å². The lowest BCUT2D eigenvalue weighted by Gasteiger charge is -2.10. The van der Waals surface area contributed by atoms with Gasteiger partial charge in [0.2, 0.25) is 5.88 Å². The lowest BCUT2D eigenvalue weighted by Crippen LogP contribution is -2.14. The van der Waals surface area contributed by atoms with Crippen molar-refractivity contribution in [2.24, 2.45) is 0 Å². The molecule has 3 N–H and O–H groups in total. The van der Waals surface area contributed by atoms with Crippen molar-refractivity contribution in [2.45, 2.75) is 6.10 Å². The third kappa shape index (κ3) is 2.99. The molecule has 0 radical (unpaired) electrons. The number of H-pyrrole nitrogens is 1. The molecule has 0 aliphatic carbocycles. The lowest BCUT2D eigenvalue weighted by molar-refractivity contribution is 0.210. The number of nitrogens with one attached hydrogen (secondary N) is 1. The summed E-state index contributed by atoms with van der Waals surface area (Å²) in [5.41, 5.74) is 0.233. The predicted octanol–water partition coefficient (Wildman–Crippen LogP) is 3.26. The third-order valence-corrected chi connectivity index (χ3v) is 3.83. The maximum Gasteiger partial charge on any atom is 0.333 e. The highest BCUT2D eigenvalue weighted by molar-refractivity contribution is 6.34. The van der Waals surface area contributed by atoms with Crippen LogP contribution in [0.25, 0.3) is 5.69 Å². The number of aromatic nitrogens is 2. The van der Waals surface area contributed by atoms with Gasteiger partial charge in [0.05, 0.1) is 5.69 Å². The molecule has 2 aromatic carbocycles. The Morgan fingerprint density at radius 2 is 1.65 bits per heavy atom. The fourth-order valence-corrected chi connectivity index (χ4v) is 2.86. The topological polar surface area (TPSA) is 78.2 Å². The van der Waals surface area contributed by atoms with Crippen LogP contribution >= 0.6 is 23.2 Å². The van der Waals surface area contributed by atoms with Crippen LogP contribution < -0.4 is 5.69 Å². The molecule has 3 rings (SSSR count). The van der Waals surface area contributed by atoms with Crippen LogP contribution in [0.3, 0.4) is 0 Å². The van der Waals surface area contributed by atoms with E-state index in [4.69, 9.17) is 23.2 Å². The zero-order chi connectivity index (χ0) is 16.6. The third-order valence-electron chi connectivity index (χ3n) is 3.39. The van der Waals surface area contributed by atoms with E-state index in [-0.39, 0.29) is 5.69 Å². The van der Waals surface area contributed by atoms with Gasteiger partial charge in [0.1, 0.15) is 11.8 Å². The number of aromatic hydroxyl groups is 1. The Labute approximate surface area is 141 Å². The van der Waals surface area contributed by atoms with E-state index in [1.54, 1.807) is 30.3 Å². The Morgan fingerprint density at radius 3 is 2.26 bits per heavy atom. The molecule has 23 heavy (non-hydrogen) atoms. The van der Waals surface area contributed by atoms with Gasteiger partial charge in [-0.3, -0.25) is 0 Å². The van der Waals surface area contributed by atoms with E-state index in [1.165, 1.54) is 18.2 Å². The summed E-state index contributed by atoms with van der Waals surface area (Å²) in [6.07, 6.45) is -1.17. The smallest absolute Gasteiger partial charge is 0.333 e. The highest BCUT2D eigenvalue weighted by atomic mass is 35.5. The Morgan fingerprint density at radius 1 is 1.04 bits per heavy atom. The summed E-state index contributed by atoms with van der Waals surface area (Å²) in [6, 6.07) is 13.2. The van der Waals surface area contributed by atoms with Gasteiger partial charge in [-0.1, -0.05) is 53.5 Å². The van der Waals surface area contributed by atoms with Gasteiger partial charge in [-0.25, -0.2) is 9.36 Å². The van der Waals surface area contributed by atoms with Gasteiger partial charge in [-0.15, -0.1) is 0 Å². The van der Waals surface area contributed by atoms with E-state index in [0.29, 0.717) is 21.3 Å². The van der Waals surface area contributed by atoms with Crippen molar-refractivity contribution in [1.29, 1.82) is 0 Å². The molecule has 0 saturated carbocycles. The number of hydrogen-bond acceptors (Lipinski definition) is 3. The van der Waals surface area contributed by atoms with Gasteiger partial charge in [0.15, 0.2) is 0 Å². The van der Waals surface area contributed by atoms with Gasteiger partial charge in [0.25, 0.3) is 0 Å². The second-order valence-corrected chi connectivity index (χ2v) is 5.82. The molecular formula is C16H12Cl2N2O3. The Kier molecular flexibility index (Phi) is 4.17. The Bertz CT molecular complexity index is 883. The maximum atomic E-state index is 12.2. The maximum absolute atomic E-state index is 12.2. The molecule has 0 bridgehead atoms. The molecule has 1 unspecified atom stereocenters. The first-order valence-electron chi connectivity index (χ1n) is 6.70. The number of aromatic amines is 1. The summed E-state index contributed by atoms with van der Waals surface area (Å²) in [6.45, 7) is 0. The molecule has 0 saturated heterocycles. The largest absolute Gasteiger partial charge is 0.493 e. The highest BCUT2D eigenvalue weighted by Gasteiger charge is 2.22. The monoisotopic (exact) mass is 350 g/mol. The average molecular weight is 351 g/mol. The Hall–Kier alpha value is -2.21. The minimum absolute atomic E-state index is 0.00250. The number of nitrogens with zero attached hydrogens (tertiary/aromatic N) is 1. The summed E-state index contributed by atoms with van der Waals surface area (Å²) in [5, 5.41) is 21.4. The standard InChI is InChI=1S/C16H12Cl2N2O3/c17-10-6-11(18)8-12(7-10)20-15(22)13(19-16(20)23)14(21)9-4-2-1-3-5-9/h1-8,14,21-22H,(H,19,23). The van der Waals surface area contributed by atoms with E-state index >= 15 is 0 Å². The summed E-state index contributed by atoms with van der Waals surface area (Å²) in [5.74, 6) is -0.398. The van der Waals surface area contributed by atoms with Crippen LogP contribution in [0.2, 0.25) is 10.0 Å². The van der Waals surface area contributed by atoms with E-state index in [1.807, 2.05) is 0 Å². The molecule has 3 aromatic rings. The van der Waals surface area contributed by atoms with Crippen molar-refractivity contribution in [3.05, 3.63) is 80.3 Å². The number of aliphatic hydroxyl groups is 1. The number of benzene rings is 2. The zero-order valence-electron chi connectivity index (χ0n) is 11.7. The molecule has 1 aromatic heterocycles. The summed E-state index contributed by atoms with van der Waals surface area (Å²) in [4.78, 5) is 14.6. The summed E-state index contributed by atoms with van der Waals surface area (Å²) in [7, 11) is 0.